The van der Waals surface area contributed by atoms with Crippen molar-refractivity contribution >= 4 is 22.8 Å². The summed E-state index contributed by atoms with van der Waals surface area (Å²) in [6.07, 6.45) is 1.42. The van der Waals surface area contributed by atoms with Crippen molar-refractivity contribution in [2.45, 2.75) is 58.7 Å². The number of carbonyl (C=O) groups is 1. The molecule has 5 rings (SSSR count). The number of piperidine rings is 1. The van der Waals surface area contributed by atoms with Crippen molar-refractivity contribution in [2.24, 2.45) is 0 Å². The first kappa shape index (κ1) is 25.4. The number of nitrogens with zero attached hydrogens (tertiary/aromatic N) is 6. The first-order chi connectivity index (χ1) is 17.6. The zero-order chi connectivity index (χ0) is 26.3. The van der Waals surface area contributed by atoms with Crippen LogP contribution >= 0.6 is 0 Å². The quantitative estimate of drug-likeness (QED) is 0.574. The number of aliphatic hydroxyl groups excluding tert-OH is 1. The molecule has 37 heavy (non-hydrogen) atoms. The number of rotatable bonds is 3. The van der Waals surface area contributed by atoms with Gasteiger partial charge in [-0.2, -0.15) is 5.10 Å². The number of benzene rings is 1. The number of aryl methyl sites for hydroxylation is 2. The molecule has 10 heteroatoms. The molecule has 3 aromatic rings. The molecular weight excluding hydrogens is 472 g/mol. The predicted octanol–water partition coefficient (Wildman–Crippen LogP) is 3.35. The molecule has 10 nitrogen and oxygen atoms in total. The Hall–Kier alpha value is -3.24. The minimum absolute atomic E-state index is 0.0949. The van der Waals surface area contributed by atoms with Crippen molar-refractivity contribution < 1.29 is 19.4 Å². The maximum Gasteiger partial charge on any atom is 0.410 e. The summed E-state index contributed by atoms with van der Waals surface area (Å²) in [6, 6.07) is 6.19. The van der Waals surface area contributed by atoms with Crippen LogP contribution in [0.5, 0.6) is 0 Å². The van der Waals surface area contributed by atoms with Crippen molar-refractivity contribution in [3.05, 3.63) is 41.3 Å². The number of fused-ring (bicyclic) bond motifs is 1. The van der Waals surface area contributed by atoms with Crippen molar-refractivity contribution in [3.63, 3.8) is 0 Å². The van der Waals surface area contributed by atoms with Gasteiger partial charge in [0.05, 0.1) is 37.6 Å². The van der Waals surface area contributed by atoms with E-state index in [-0.39, 0.29) is 18.6 Å². The molecule has 198 valence electrons. The number of amides is 1. The van der Waals surface area contributed by atoms with Gasteiger partial charge in [-0.25, -0.2) is 19.4 Å². The second kappa shape index (κ2) is 9.90. The zero-order valence-corrected chi connectivity index (χ0v) is 22.3. The van der Waals surface area contributed by atoms with Crippen molar-refractivity contribution in [2.75, 3.05) is 44.3 Å². The molecule has 2 atom stereocenters. The fourth-order valence-electron chi connectivity index (χ4n) is 5.17. The Morgan fingerprint density at radius 1 is 1.08 bits per heavy atom. The van der Waals surface area contributed by atoms with E-state index in [2.05, 4.69) is 39.0 Å². The number of hydrogen-bond donors (Lipinski definition) is 1. The molecule has 0 unspecified atom stereocenters. The van der Waals surface area contributed by atoms with Crippen molar-refractivity contribution in [1.82, 2.24) is 24.6 Å². The molecule has 2 aromatic heterocycles. The minimum atomic E-state index is -0.692. The Bertz CT molecular complexity index is 1290. The molecular formula is C27H36N6O4. The van der Waals surface area contributed by atoms with Gasteiger partial charge in [0.25, 0.3) is 0 Å². The zero-order valence-electron chi connectivity index (χ0n) is 22.3. The van der Waals surface area contributed by atoms with E-state index in [1.807, 2.05) is 44.6 Å². The molecule has 1 N–H and O–H groups in total. The molecule has 0 radical (unpaired) electrons. The number of likely N-dealkylation sites (tertiary alicyclic amines) is 1. The first-order valence-corrected chi connectivity index (χ1v) is 12.9. The number of ether oxygens (including phenoxy) is 2. The van der Waals surface area contributed by atoms with E-state index in [0.29, 0.717) is 37.8 Å². The van der Waals surface area contributed by atoms with Gasteiger partial charge >= 0.3 is 6.09 Å². The fraction of sp³-hybridized carbons (Fsp3) is 0.556. The average Bonchev–Trinajstić information content (AvgIpc) is 3.25. The van der Waals surface area contributed by atoms with Gasteiger partial charge in [0.2, 0.25) is 0 Å². The largest absolute Gasteiger partial charge is 0.444 e. The van der Waals surface area contributed by atoms with Crippen LogP contribution in [-0.4, -0.2) is 86.9 Å². The second-order valence-corrected chi connectivity index (χ2v) is 10.9. The summed E-state index contributed by atoms with van der Waals surface area (Å²) in [7, 11) is 0. The van der Waals surface area contributed by atoms with Crippen LogP contribution in [0.3, 0.4) is 0 Å². The van der Waals surface area contributed by atoms with Gasteiger partial charge in [-0.05, 0) is 64.3 Å². The fourth-order valence-corrected chi connectivity index (χ4v) is 5.17. The smallest absolute Gasteiger partial charge is 0.410 e. The van der Waals surface area contributed by atoms with Gasteiger partial charge in [-0.3, -0.25) is 0 Å². The number of aliphatic hydroxyl groups is 1. The van der Waals surface area contributed by atoms with Crippen LogP contribution in [0.15, 0.2) is 24.4 Å². The second-order valence-electron chi connectivity index (χ2n) is 10.9. The summed E-state index contributed by atoms with van der Waals surface area (Å²) in [5.41, 5.74) is 2.51. The normalized spacial score (nSPS) is 20.9. The maximum absolute atomic E-state index is 12.5. The Labute approximate surface area is 217 Å². The van der Waals surface area contributed by atoms with Gasteiger partial charge in [0, 0.05) is 37.0 Å². The predicted molar refractivity (Wildman–Crippen MR) is 140 cm³/mol. The summed E-state index contributed by atoms with van der Waals surface area (Å²) in [6.45, 7) is 13.2. The lowest BCUT2D eigenvalue weighted by Crippen LogP contribution is -2.47. The number of hydrogen-bond acceptors (Lipinski definition) is 8. The molecule has 4 heterocycles. The SMILES string of the molecule is Cc1nc(N2CCOCC2)cc(-n2ncc3cc(C)c([C@H]4CCN(C(=O)OC(C)(C)C)C[C@@H]4O)cc32)n1. The lowest BCUT2D eigenvalue weighted by atomic mass is 9.84. The highest BCUT2D eigenvalue weighted by atomic mass is 16.6. The van der Waals surface area contributed by atoms with Crippen LogP contribution in [-0.2, 0) is 9.47 Å². The maximum atomic E-state index is 12.5. The Balaban J connectivity index is 1.43. The van der Waals surface area contributed by atoms with Crippen LogP contribution in [0.4, 0.5) is 10.6 Å². The molecule has 2 fully saturated rings. The van der Waals surface area contributed by atoms with E-state index in [1.165, 1.54) is 0 Å². The Morgan fingerprint density at radius 3 is 2.51 bits per heavy atom. The summed E-state index contributed by atoms with van der Waals surface area (Å²) < 4.78 is 12.8. The van der Waals surface area contributed by atoms with E-state index in [0.717, 1.165) is 40.9 Å². The minimum Gasteiger partial charge on any atom is -0.444 e. The van der Waals surface area contributed by atoms with Crippen molar-refractivity contribution in [1.29, 1.82) is 0 Å². The van der Waals surface area contributed by atoms with Gasteiger partial charge in [0.15, 0.2) is 5.82 Å². The standard InChI is InChI=1S/C27H36N6O4/c1-17-12-19-15-28-33(25-14-24(29-18(2)30-25)31-8-10-36-11-9-31)22(19)13-21(17)20-6-7-32(16-23(20)34)26(35)37-27(3,4)5/h12-15,20,23,34H,6-11,16H2,1-5H3/t20-,23+/m1/s1. The third kappa shape index (κ3) is 5.40. The average molecular weight is 509 g/mol. The molecule has 1 aromatic carbocycles. The highest BCUT2D eigenvalue weighted by Gasteiger charge is 2.34. The molecule has 0 saturated carbocycles. The number of aromatic nitrogens is 4. The molecule has 2 saturated heterocycles. The highest BCUT2D eigenvalue weighted by Crippen LogP contribution is 2.34. The van der Waals surface area contributed by atoms with Gasteiger partial charge in [0.1, 0.15) is 17.2 Å². The lowest BCUT2D eigenvalue weighted by Gasteiger charge is -2.37. The van der Waals surface area contributed by atoms with Crippen molar-refractivity contribution in [3.8, 4) is 5.82 Å². The van der Waals surface area contributed by atoms with Crippen LogP contribution < -0.4 is 4.90 Å². The number of β-amino-alcohol motifs (C(OH)–C–C–N with tert-alkyl or cyclic N) is 1. The van der Waals surface area contributed by atoms with E-state index >= 15 is 0 Å². The molecule has 1 amide bonds. The van der Waals surface area contributed by atoms with E-state index in [1.54, 1.807) is 4.90 Å². The van der Waals surface area contributed by atoms with Gasteiger partial charge in [-0.1, -0.05) is 0 Å². The van der Waals surface area contributed by atoms with Crippen LogP contribution in [0.2, 0.25) is 0 Å². The van der Waals surface area contributed by atoms with Gasteiger partial charge < -0.3 is 24.4 Å². The molecule has 2 aliphatic rings. The highest BCUT2D eigenvalue weighted by molar-refractivity contribution is 5.82. The monoisotopic (exact) mass is 508 g/mol. The van der Waals surface area contributed by atoms with Crippen LogP contribution in [0.1, 0.15) is 50.1 Å². The molecule has 2 aliphatic heterocycles. The van der Waals surface area contributed by atoms with E-state index < -0.39 is 11.7 Å². The van der Waals surface area contributed by atoms with E-state index in [4.69, 9.17) is 9.47 Å². The summed E-state index contributed by atoms with van der Waals surface area (Å²) in [5, 5.41) is 16.7. The third-order valence-electron chi connectivity index (χ3n) is 6.95. The van der Waals surface area contributed by atoms with Crippen LogP contribution in [0.25, 0.3) is 16.7 Å². The summed E-state index contributed by atoms with van der Waals surface area (Å²) >= 11 is 0. The Kier molecular flexibility index (Phi) is 6.80. The topological polar surface area (TPSA) is 106 Å². The van der Waals surface area contributed by atoms with E-state index in [9.17, 15) is 9.90 Å². The summed E-state index contributed by atoms with van der Waals surface area (Å²) in [5.74, 6) is 2.16. The molecule has 0 spiro atoms. The third-order valence-corrected chi connectivity index (χ3v) is 6.95. The number of anilines is 1. The number of carbonyl (C=O) groups excluding carboxylic acids is 1. The summed E-state index contributed by atoms with van der Waals surface area (Å²) in [4.78, 5) is 25.7. The van der Waals surface area contributed by atoms with Gasteiger partial charge in [-0.15, -0.1) is 0 Å². The molecule has 0 aliphatic carbocycles. The number of morpholine rings is 1. The van der Waals surface area contributed by atoms with Crippen LogP contribution in [0, 0.1) is 13.8 Å². The lowest BCUT2D eigenvalue weighted by molar-refractivity contribution is -0.00155. The Morgan fingerprint density at radius 2 is 1.81 bits per heavy atom. The first-order valence-electron chi connectivity index (χ1n) is 12.9. The molecule has 0 bridgehead atoms.